The molecule has 1 unspecified atom stereocenters. The van der Waals surface area contributed by atoms with E-state index in [-0.39, 0.29) is 0 Å². The van der Waals surface area contributed by atoms with Crippen molar-refractivity contribution in [2.75, 3.05) is 0 Å². The van der Waals surface area contributed by atoms with Gasteiger partial charge in [0, 0.05) is 21.9 Å². The van der Waals surface area contributed by atoms with Crippen LogP contribution in [0.4, 0.5) is 0 Å². The van der Waals surface area contributed by atoms with Crippen LogP contribution in [0.1, 0.15) is 29.0 Å². The Morgan fingerprint density at radius 1 is 1.28 bits per heavy atom. The Morgan fingerprint density at radius 3 is 2.61 bits per heavy atom. The first kappa shape index (κ1) is 14.3. The third-order valence-electron chi connectivity index (χ3n) is 2.93. The summed E-state index contributed by atoms with van der Waals surface area (Å²) in [5, 5.41) is 3.57. The highest BCUT2D eigenvalue weighted by atomic mass is 79.9. The number of benzene rings is 1. The Kier molecular flexibility index (Phi) is 5.01. The molecule has 2 aromatic rings. The molecule has 4 heteroatoms. The van der Waals surface area contributed by atoms with Crippen LogP contribution < -0.4 is 5.32 Å². The minimum atomic E-state index is 0.367. The van der Waals surface area contributed by atoms with Crippen molar-refractivity contribution in [3.05, 3.63) is 54.6 Å². The number of hydrogen-bond donors (Lipinski definition) is 1. The Bertz CT molecular complexity index is 517. The first-order valence-electron chi connectivity index (χ1n) is 5.80. The first-order chi connectivity index (χ1) is 8.58. The fraction of sp³-hybridized carbons (Fsp3) is 0.286. The van der Waals surface area contributed by atoms with Crippen LogP contribution in [0.2, 0.25) is 0 Å². The van der Waals surface area contributed by atoms with Gasteiger partial charge < -0.3 is 5.32 Å². The van der Waals surface area contributed by atoms with Crippen molar-refractivity contribution in [1.82, 2.24) is 5.32 Å². The van der Waals surface area contributed by atoms with Gasteiger partial charge in [-0.2, -0.15) is 0 Å². The van der Waals surface area contributed by atoms with Crippen LogP contribution >= 0.6 is 43.2 Å². The average molecular weight is 389 g/mol. The second-order valence-corrected chi connectivity index (χ2v) is 7.60. The monoisotopic (exact) mass is 387 g/mol. The third-order valence-corrected chi connectivity index (χ3v) is 6.19. The first-order valence-corrected chi connectivity index (χ1v) is 8.21. The second kappa shape index (κ2) is 6.33. The summed E-state index contributed by atoms with van der Waals surface area (Å²) in [5.41, 5.74) is 2.71. The predicted molar refractivity (Wildman–Crippen MR) is 86.2 cm³/mol. The predicted octanol–water partition coefficient (Wildman–Crippen LogP) is 5.43. The number of rotatable bonds is 4. The van der Waals surface area contributed by atoms with Gasteiger partial charge in [-0.15, -0.1) is 11.3 Å². The van der Waals surface area contributed by atoms with Crippen molar-refractivity contribution in [2.45, 2.75) is 26.4 Å². The van der Waals surface area contributed by atoms with Crippen LogP contribution in [0.5, 0.6) is 0 Å². The topological polar surface area (TPSA) is 12.0 Å². The van der Waals surface area contributed by atoms with Crippen molar-refractivity contribution in [1.29, 1.82) is 0 Å². The normalized spacial score (nSPS) is 12.7. The smallest absolute Gasteiger partial charge is 0.0843 e. The Hall–Kier alpha value is -0.160. The van der Waals surface area contributed by atoms with E-state index in [9.17, 15) is 0 Å². The lowest BCUT2D eigenvalue weighted by Crippen LogP contribution is -2.18. The van der Waals surface area contributed by atoms with E-state index in [1.165, 1.54) is 16.0 Å². The Labute approximate surface area is 129 Å². The highest BCUT2D eigenvalue weighted by Crippen LogP contribution is 2.32. The van der Waals surface area contributed by atoms with Gasteiger partial charge in [-0.3, -0.25) is 0 Å². The van der Waals surface area contributed by atoms with Gasteiger partial charge in [0.1, 0.15) is 0 Å². The molecule has 1 atom stereocenters. The second-order valence-electron chi connectivity index (χ2n) is 4.29. The fourth-order valence-electron chi connectivity index (χ4n) is 1.91. The summed E-state index contributed by atoms with van der Waals surface area (Å²) in [6.07, 6.45) is 0. The molecule has 0 radical (unpaired) electrons. The van der Waals surface area contributed by atoms with Gasteiger partial charge in [0.15, 0.2) is 0 Å². The maximum Gasteiger partial charge on any atom is 0.0843 e. The van der Waals surface area contributed by atoms with Gasteiger partial charge in [0.05, 0.1) is 3.79 Å². The molecule has 1 nitrogen and oxygen atoms in total. The molecule has 96 valence electrons. The molecular formula is C14H15Br2NS. The number of thiophene rings is 1. The van der Waals surface area contributed by atoms with E-state index in [2.05, 4.69) is 81.4 Å². The molecule has 0 amide bonds. The molecule has 1 heterocycles. The molecular weight excluding hydrogens is 374 g/mol. The maximum absolute atomic E-state index is 3.57. The van der Waals surface area contributed by atoms with E-state index in [4.69, 9.17) is 0 Å². The summed E-state index contributed by atoms with van der Waals surface area (Å²) in [7, 11) is 0. The number of aryl methyl sites for hydroxylation is 1. The van der Waals surface area contributed by atoms with E-state index in [1.807, 2.05) is 0 Å². The molecule has 1 N–H and O–H groups in total. The summed E-state index contributed by atoms with van der Waals surface area (Å²) in [5.74, 6) is 0. The van der Waals surface area contributed by atoms with Crippen LogP contribution in [-0.2, 0) is 6.54 Å². The molecule has 1 aromatic heterocycles. The lowest BCUT2D eigenvalue weighted by molar-refractivity contribution is 0.576. The lowest BCUT2D eigenvalue weighted by Gasteiger charge is -2.15. The molecule has 0 saturated heterocycles. The lowest BCUT2D eigenvalue weighted by atomic mass is 10.0. The summed E-state index contributed by atoms with van der Waals surface area (Å²) >= 11 is 8.80. The standard InChI is InChI=1S/C14H15Br2NS/c1-9-5-3-4-6-12(9)10(2)17-8-11-7-13(15)14(16)18-11/h3-7,10,17H,8H2,1-2H3. The molecule has 18 heavy (non-hydrogen) atoms. The SMILES string of the molecule is Cc1ccccc1C(C)NCc1cc(Br)c(Br)s1. The highest BCUT2D eigenvalue weighted by molar-refractivity contribution is 9.13. The highest BCUT2D eigenvalue weighted by Gasteiger charge is 2.09. The number of nitrogens with one attached hydrogen (secondary N) is 1. The zero-order chi connectivity index (χ0) is 13.1. The molecule has 0 spiro atoms. The van der Waals surface area contributed by atoms with Crippen molar-refractivity contribution in [3.63, 3.8) is 0 Å². The average Bonchev–Trinajstić information content (AvgIpc) is 2.66. The summed E-state index contributed by atoms with van der Waals surface area (Å²) in [6.45, 7) is 5.26. The van der Waals surface area contributed by atoms with E-state index < -0.39 is 0 Å². The van der Waals surface area contributed by atoms with Gasteiger partial charge >= 0.3 is 0 Å². The van der Waals surface area contributed by atoms with Crippen molar-refractivity contribution in [3.8, 4) is 0 Å². The fourth-order valence-corrected chi connectivity index (χ4v) is 4.04. The zero-order valence-electron chi connectivity index (χ0n) is 10.3. The Balaban J connectivity index is 2.00. The van der Waals surface area contributed by atoms with Gasteiger partial charge in [-0.25, -0.2) is 0 Å². The molecule has 0 aliphatic carbocycles. The molecule has 0 fully saturated rings. The van der Waals surface area contributed by atoms with E-state index in [0.717, 1.165) is 14.8 Å². The third kappa shape index (κ3) is 3.44. The molecule has 2 rings (SSSR count). The van der Waals surface area contributed by atoms with Crippen LogP contribution in [-0.4, -0.2) is 0 Å². The number of halogens is 2. The van der Waals surface area contributed by atoms with Gasteiger partial charge in [-0.05, 0) is 62.9 Å². The maximum atomic E-state index is 3.57. The summed E-state index contributed by atoms with van der Waals surface area (Å²) in [4.78, 5) is 1.33. The molecule has 0 aliphatic heterocycles. The molecule has 0 aliphatic rings. The van der Waals surface area contributed by atoms with Crippen molar-refractivity contribution >= 4 is 43.2 Å². The largest absolute Gasteiger partial charge is 0.305 e. The minimum Gasteiger partial charge on any atom is -0.305 e. The van der Waals surface area contributed by atoms with E-state index in [1.54, 1.807) is 11.3 Å². The van der Waals surface area contributed by atoms with Gasteiger partial charge in [0.25, 0.3) is 0 Å². The van der Waals surface area contributed by atoms with Crippen LogP contribution in [0.25, 0.3) is 0 Å². The summed E-state index contributed by atoms with van der Waals surface area (Å²) < 4.78 is 2.29. The summed E-state index contributed by atoms with van der Waals surface area (Å²) in [6, 6.07) is 11.1. The minimum absolute atomic E-state index is 0.367. The zero-order valence-corrected chi connectivity index (χ0v) is 14.3. The Morgan fingerprint density at radius 2 is 2.00 bits per heavy atom. The van der Waals surface area contributed by atoms with Crippen LogP contribution in [0.3, 0.4) is 0 Å². The quantitative estimate of drug-likeness (QED) is 0.735. The van der Waals surface area contributed by atoms with Crippen molar-refractivity contribution < 1.29 is 0 Å². The van der Waals surface area contributed by atoms with Crippen LogP contribution in [0.15, 0.2) is 38.6 Å². The molecule has 0 bridgehead atoms. The van der Waals surface area contributed by atoms with Crippen LogP contribution in [0, 0.1) is 6.92 Å². The van der Waals surface area contributed by atoms with Gasteiger partial charge in [0.2, 0.25) is 0 Å². The molecule has 1 aromatic carbocycles. The number of hydrogen-bond acceptors (Lipinski definition) is 2. The van der Waals surface area contributed by atoms with E-state index >= 15 is 0 Å². The molecule has 0 saturated carbocycles. The van der Waals surface area contributed by atoms with Crippen molar-refractivity contribution in [2.24, 2.45) is 0 Å². The van der Waals surface area contributed by atoms with Gasteiger partial charge in [-0.1, -0.05) is 24.3 Å². The van der Waals surface area contributed by atoms with E-state index in [0.29, 0.717) is 6.04 Å².